The second-order valence-corrected chi connectivity index (χ2v) is 4.82. The second kappa shape index (κ2) is 5.52. The van der Waals surface area contributed by atoms with Gasteiger partial charge in [-0.25, -0.2) is 4.39 Å². The van der Waals surface area contributed by atoms with Crippen molar-refractivity contribution in [3.8, 4) is 17.2 Å². The summed E-state index contributed by atoms with van der Waals surface area (Å²) in [4.78, 5) is 0. The Labute approximate surface area is 122 Å². The molecule has 0 bridgehead atoms. The molecular formula is C16H16FNO3. The highest BCUT2D eigenvalue weighted by Gasteiger charge is 2.16. The fraction of sp³-hybridized carbons (Fsp3) is 0.250. The number of benzene rings is 2. The molecule has 0 radical (unpaired) electrons. The van der Waals surface area contributed by atoms with E-state index in [0.717, 1.165) is 11.3 Å². The lowest BCUT2D eigenvalue weighted by Crippen LogP contribution is -2.08. The molecule has 0 spiro atoms. The molecule has 21 heavy (non-hydrogen) atoms. The molecule has 1 unspecified atom stereocenters. The number of nitrogens with one attached hydrogen (secondary N) is 1. The first-order chi connectivity index (χ1) is 10.2. The van der Waals surface area contributed by atoms with Gasteiger partial charge < -0.3 is 19.5 Å². The van der Waals surface area contributed by atoms with Crippen LogP contribution in [0.5, 0.6) is 17.2 Å². The summed E-state index contributed by atoms with van der Waals surface area (Å²) in [7, 11) is 1.55. The molecule has 1 N–H and O–H groups in total. The zero-order valence-corrected chi connectivity index (χ0v) is 11.9. The lowest BCUT2D eigenvalue weighted by Gasteiger charge is -2.17. The maximum absolute atomic E-state index is 13.8. The van der Waals surface area contributed by atoms with Gasteiger partial charge in [0.25, 0.3) is 0 Å². The molecule has 5 heteroatoms. The zero-order valence-electron chi connectivity index (χ0n) is 11.9. The van der Waals surface area contributed by atoms with Gasteiger partial charge in [0.15, 0.2) is 11.5 Å². The van der Waals surface area contributed by atoms with Crippen LogP contribution < -0.4 is 19.5 Å². The molecule has 2 aromatic rings. The quantitative estimate of drug-likeness (QED) is 0.931. The van der Waals surface area contributed by atoms with E-state index in [4.69, 9.17) is 14.2 Å². The van der Waals surface area contributed by atoms with Crippen LogP contribution in [0.4, 0.5) is 10.1 Å². The number of hydrogen-bond acceptors (Lipinski definition) is 4. The topological polar surface area (TPSA) is 39.7 Å². The van der Waals surface area contributed by atoms with Crippen LogP contribution in [0.15, 0.2) is 36.4 Å². The summed E-state index contributed by atoms with van der Waals surface area (Å²) in [6.45, 7) is 2.20. The lowest BCUT2D eigenvalue weighted by atomic mass is 10.1. The second-order valence-electron chi connectivity index (χ2n) is 4.82. The SMILES string of the molecule is COc1ccc(F)c(NC(C)c2ccc3c(c2)OCO3)c1. The summed E-state index contributed by atoms with van der Waals surface area (Å²) in [6, 6.07) is 10.2. The predicted octanol–water partition coefficient (Wildman–Crippen LogP) is 3.74. The van der Waals surface area contributed by atoms with Crippen molar-refractivity contribution in [2.24, 2.45) is 0 Å². The van der Waals surface area contributed by atoms with Crippen molar-refractivity contribution in [3.63, 3.8) is 0 Å². The Hall–Kier alpha value is -2.43. The molecule has 2 aromatic carbocycles. The third-order valence-corrected chi connectivity index (χ3v) is 3.44. The molecular weight excluding hydrogens is 273 g/mol. The van der Waals surface area contributed by atoms with Crippen molar-refractivity contribution >= 4 is 5.69 Å². The number of hydrogen-bond donors (Lipinski definition) is 1. The number of methoxy groups -OCH3 is 1. The molecule has 0 amide bonds. The highest BCUT2D eigenvalue weighted by Crippen LogP contribution is 2.35. The first-order valence-electron chi connectivity index (χ1n) is 6.67. The maximum atomic E-state index is 13.8. The minimum atomic E-state index is -0.316. The third kappa shape index (κ3) is 2.72. The summed E-state index contributed by atoms with van der Waals surface area (Å²) < 4.78 is 29.6. The monoisotopic (exact) mass is 289 g/mol. The number of rotatable bonds is 4. The third-order valence-electron chi connectivity index (χ3n) is 3.44. The molecule has 0 saturated heterocycles. The Balaban J connectivity index is 1.81. The molecule has 0 aromatic heterocycles. The van der Waals surface area contributed by atoms with Crippen LogP contribution in [-0.4, -0.2) is 13.9 Å². The summed E-state index contributed by atoms with van der Waals surface area (Å²) in [5.74, 6) is 1.74. The van der Waals surface area contributed by atoms with Crippen LogP contribution in [0.1, 0.15) is 18.5 Å². The van der Waals surface area contributed by atoms with E-state index in [1.807, 2.05) is 25.1 Å². The van der Waals surface area contributed by atoms with Gasteiger partial charge in [-0.1, -0.05) is 6.07 Å². The van der Waals surface area contributed by atoms with Gasteiger partial charge in [-0.05, 0) is 36.8 Å². The predicted molar refractivity (Wildman–Crippen MR) is 77.6 cm³/mol. The number of anilines is 1. The molecule has 0 aliphatic carbocycles. The van der Waals surface area contributed by atoms with Crippen molar-refractivity contribution in [1.82, 2.24) is 0 Å². The number of ether oxygens (including phenoxy) is 3. The van der Waals surface area contributed by atoms with Crippen LogP contribution in [0.2, 0.25) is 0 Å². The van der Waals surface area contributed by atoms with E-state index in [1.54, 1.807) is 19.2 Å². The van der Waals surface area contributed by atoms with Gasteiger partial charge >= 0.3 is 0 Å². The van der Waals surface area contributed by atoms with Crippen molar-refractivity contribution in [1.29, 1.82) is 0 Å². The van der Waals surface area contributed by atoms with Crippen LogP contribution >= 0.6 is 0 Å². The maximum Gasteiger partial charge on any atom is 0.231 e. The van der Waals surface area contributed by atoms with Gasteiger partial charge in [0, 0.05) is 12.1 Å². The van der Waals surface area contributed by atoms with E-state index in [2.05, 4.69) is 5.32 Å². The molecule has 1 heterocycles. The number of halogens is 1. The van der Waals surface area contributed by atoms with Crippen molar-refractivity contribution in [2.45, 2.75) is 13.0 Å². The molecule has 1 atom stereocenters. The van der Waals surface area contributed by atoms with E-state index in [-0.39, 0.29) is 18.7 Å². The Morgan fingerprint density at radius 2 is 1.95 bits per heavy atom. The zero-order chi connectivity index (χ0) is 14.8. The van der Waals surface area contributed by atoms with Gasteiger partial charge in [-0.3, -0.25) is 0 Å². The fourth-order valence-corrected chi connectivity index (χ4v) is 2.24. The Morgan fingerprint density at radius 1 is 1.14 bits per heavy atom. The van der Waals surface area contributed by atoms with E-state index in [1.165, 1.54) is 6.07 Å². The van der Waals surface area contributed by atoms with Crippen LogP contribution in [0.3, 0.4) is 0 Å². The molecule has 1 aliphatic heterocycles. The smallest absolute Gasteiger partial charge is 0.231 e. The van der Waals surface area contributed by atoms with Crippen molar-refractivity contribution < 1.29 is 18.6 Å². The molecule has 3 rings (SSSR count). The standard InChI is InChI=1S/C16H16FNO3/c1-10(11-3-6-15-16(7-11)21-9-20-15)18-14-8-12(19-2)4-5-13(14)17/h3-8,10,18H,9H2,1-2H3. The molecule has 0 fully saturated rings. The van der Waals surface area contributed by atoms with E-state index < -0.39 is 0 Å². The van der Waals surface area contributed by atoms with Gasteiger partial charge in [0.2, 0.25) is 6.79 Å². The van der Waals surface area contributed by atoms with Crippen LogP contribution in [-0.2, 0) is 0 Å². The lowest BCUT2D eigenvalue weighted by molar-refractivity contribution is 0.174. The van der Waals surface area contributed by atoms with Crippen molar-refractivity contribution in [2.75, 3.05) is 19.2 Å². The molecule has 4 nitrogen and oxygen atoms in total. The van der Waals surface area contributed by atoms with Crippen molar-refractivity contribution in [3.05, 3.63) is 47.8 Å². The normalized spacial score (nSPS) is 13.9. The summed E-state index contributed by atoms with van der Waals surface area (Å²) in [5, 5.41) is 3.14. The van der Waals surface area contributed by atoms with Gasteiger partial charge in [0.05, 0.1) is 12.8 Å². The average Bonchev–Trinajstić information content (AvgIpc) is 2.96. The first-order valence-corrected chi connectivity index (χ1v) is 6.67. The first kappa shape index (κ1) is 13.5. The number of fused-ring (bicyclic) bond motifs is 1. The van der Waals surface area contributed by atoms with Crippen LogP contribution in [0.25, 0.3) is 0 Å². The summed E-state index contributed by atoms with van der Waals surface area (Å²) in [6.07, 6.45) is 0. The van der Waals surface area contributed by atoms with E-state index in [9.17, 15) is 4.39 Å². The van der Waals surface area contributed by atoms with Crippen LogP contribution in [0, 0.1) is 5.82 Å². The average molecular weight is 289 g/mol. The highest BCUT2D eigenvalue weighted by atomic mass is 19.1. The van der Waals surface area contributed by atoms with E-state index >= 15 is 0 Å². The molecule has 110 valence electrons. The Kier molecular flexibility index (Phi) is 3.56. The Bertz CT molecular complexity index is 660. The highest BCUT2D eigenvalue weighted by molar-refractivity contribution is 5.52. The Morgan fingerprint density at radius 3 is 2.76 bits per heavy atom. The summed E-state index contributed by atoms with van der Waals surface area (Å²) >= 11 is 0. The van der Waals surface area contributed by atoms with Gasteiger partial charge in [-0.2, -0.15) is 0 Å². The largest absolute Gasteiger partial charge is 0.497 e. The fourth-order valence-electron chi connectivity index (χ4n) is 2.24. The summed E-state index contributed by atoms with van der Waals surface area (Å²) in [5.41, 5.74) is 1.39. The molecule has 0 saturated carbocycles. The minimum absolute atomic E-state index is 0.0823. The van der Waals surface area contributed by atoms with Gasteiger partial charge in [-0.15, -0.1) is 0 Å². The van der Waals surface area contributed by atoms with Gasteiger partial charge in [0.1, 0.15) is 11.6 Å². The van der Waals surface area contributed by atoms with E-state index in [0.29, 0.717) is 17.2 Å². The molecule has 1 aliphatic rings. The minimum Gasteiger partial charge on any atom is -0.497 e.